The molecule has 0 aliphatic rings. The van der Waals surface area contributed by atoms with Gasteiger partial charge >= 0.3 is 0 Å². The number of hydrogen-bond acceptors (Lipinski definition) is 2. The Morgan fingerprint density at radius 3 is 2.17 bits per heavy atom. The van der Waals surface area contributed by atoms with Crippen LogP contribution in [0.5, 0.6) is 0 Å². The molecule has 0 atom stereocenters. The van der Waals surface area contributed by atoms with Gasteiger partial charge in [0.15, 0.2) is 0 Å². The Kier molecular flexibility index (Phi) is 4.07. The minimum absolute atomic E-state index is 0.00813. The van der Waals surface area contributed by atoms with Gasteiger partial charge in [0.1, 0.15) is 0 Å². The summed E-state index contributed by atoms with van der Waals surface area (Å²) in [6.07, 6.45) is 1.32. The van der Waals surface area contributed by atoms with Crippen molar-refractivity contribution in [3.63, 3.8) is 0 Å². The van der Waals surface area contributed by atoms with Gasteiger partial charge in [-0.1, -0.05) is 54.6 Å². The lowest BCUT2D eigenvalue weighted by Gasteiger charge is -2.07. The second-order valence-electron chi connectivity index (χ2n) is 4.24. The van der Waals surface area contributed by atoms with Crippen LogP contribution in [0, 0.1) is 10.1 Å². The van der Waals surface area contributed by atoms with Crippen LogP contribution in [0.3, 0.4) is 0 Å². The Hall–Kier alpha value is -2.16. The van der Waals surface area contributed by atoms with Crippen LogP contribution in [0.25, 0.3) is 0 Å². The van der Waals surface area contributed by atoms with Gasteiger partial charge in [-0.15, -0.1) is 0 Å². The molecule has 0 bridgehead atoms. The Morgan fingerprint density at radius 2 is 1.50 bits per heavy atom. The van der Waals surface area contributed by atoms with Crippen LogP contribution >= 0.6 is 0 Å². The van der Waals surface area contributed by atoms with E-state index in [4.69, 9.17) is 0 Å². The van der Waals surface area contributed by atoms with Gasteiger partial charge in [-0.25, -0.2) is 0 Å². The topological polar surface area (TPSA) is 43.1 Å². The van der Waals surface area contributed by atoms with Crippen molar-refractivity contribution in [3.8, 4) is 0 Å². The molecular weight excluding hydrogens is 226 g/mol. The Labute approximate surface area is 106 Å². The van der Waals surface area contributed by atoms with E-state index in [1.807, 2.05) is 42.5 Å². The molecule has 0 heterocycles. The van der Waals surface area contributed by atoms with Gasteiger partial charge in [-0.2, -0.15) is 0 Å². The highest BCUT2D eigenvalue weighted by Crippen LogP contribution is 2.14. The van der Waals surface area contributed by atoms with Gasteiger partial charge in [0.2, 0.25) is 6.54 Å². The molecule has 0 radical (unpaired) electrons. The van der Waals surface area contributed by atoms with Crippen LogP contribution in [0.15, 0.2) is 54.6 Å². The standard InChI is InChI=1S/C15H15NO2/c17-16(18)11-10-14-8-4-5-9-15(14)12-13-6-2-1-3-7-13/h1-9H,10-12H2. The molecule has 3 nitrogen and oxygen atoms in total. The lowest BCUT2D eigenvalue weighted by molar-refractivity contribution is -0.479. The van der Waals surface area contributed by atoms with E-state index >= 15 is 0 Å². The normalized spacial score (nSPS) is 10.2. The summed E-state index contributed by atoms with van der Waals surface area (Å²) in [6, 6.07) is 18.1. The molecule has 0 aromatic heterocycles. The second kappa shape index (κ2) is 5.96. The molecule has 0 aliphatic heterocycles. The molecule has 92 valence electrons. The third kappa shape index (κ3) is 3.42. The first-order valence-corrected chi connectivity index (χ1v) is 5.98. The fraction of sp³-hybridized carbons (Fsp3) is 0.200. The van der Waals surface area contributed by atoms with E-state index in [0.29, 0.717) is 6.42 Å². The monoisotopic (exact) mass is 241 g/mol. The molecule has 3 heteroatoms. The van der Waals surface area contributed by atoms with Crippen molar-refractivity contribution in [2.75, 3.05) is 6.54 Å². The third-order valence-corrected chi connectivity index (χ3v) is 2.92. The summed E-state index contributed by atoms with van der Waals surface area (Å²) < 4.78 is 0. The molecule has 0 spiro atoms. The van der Waals surface area contributed by atoms with Gasteiger partial charge in [0, 0.05) is 11.3 Å². The fourth-order valence-corrected chi connectivity index (χ4v) is 2.00. The maximum absolute atomic E-state index is 10.4. The van der Waals surface area contributed by atoms with E-state index < -0.39 is 0 Å². The van der Waals surface area contributed by atoms with Crippen molar-refractivity contribution >= 4 is 0 Å². The number of benzene rings is 2. The largest absolute Gasteiger partial charge is 0.265 e. The minimum Gasteiger partial charge on any atom is -0.265 e. The zero-order valence-electron chi connectivity index (χ0n) is 10.1. The molecular formula is C15H15NO2. The molecule has 2 aromatic rings. The van der Waals surface area contributed by atoms with Crippen molar-refractivity contribution in [3.05, 3.63) is 81.4 Å². The molecule has 0 fully saturated rings. The van der Waals surface area contributed by atoms with Crippen LogP contribution in [0.2, 0.25) is 0 Å². The third-order valence-electron chi connectivity index (χ3n) is 2.92. The lowest BCUT2D eigenvalue weighted by atomic mass is 9.98. The van der Waals surface area contributed by atoms with Gasteiger partial charge in [0.05, 0.1) is 0 Å². The van der Waals surface area contributed by atoms with E-state index in [0.717, 1.165) is 12.0 Å². The van der Waals surface area contributed by atoms with E-state index in [1.165, 1.54) is 11.1 Å². The average molecular weight is 241 g/mol. The van der Waals surface area contributed by atoms with Crippen LogP contribution < -0.4 is 0 Å². The second-order valence-corrected chi connectivity index (χ2v) is 4.24. The smallest absolute Gasteiger partial charge is 0.207 e. The predicted molar refractivity (Wildman–Crippen MR) is 71.3 cm³/mol. The minimum atomic E-state index is -0.265. The maximum atomic E-state index is 10.4. The molecule has 0 saturated heterocycles. The lowest BCUT2D eigenvalue weighted by Crippen LogP contribution is -2.06. The highest BCUT2D eigenvalue weighted by atomic mass is 16.6. The Balaban J connectivity index is 2.14. The molecule has 2 rings (SSSR count). The number of nitro groups is 1. The van der Waals surface area contributed by atoms with Crippen molar-refractivity contribution in [1.82, 2.24) is 0 Å². The SMILES string of the molecule is O=[N+]([O-])CCc1ccccc1Cc1ccccc1. The molecule has 2 aromatic carbocycles. The van der Waals surface area contributed by atoms with Crippen LogP contribution in [-0.4, -0.2) is 11.5 Å². The molecule has 0 amide bonds. The van der Waals surface area contributed by atoms with Crippen LogP contribution in [-0.2, 0) is 12.8 Å². The molecule has 18 heavy (non-hydrogen) atoms. The van der Waals surface area contributed by atoms with Crippen molar-refractivity contribution in [2.24, 2.45) is 0 Å². The zero-order chi connectivity index (χ0) is 12.8. The maximum Gasteiger partial charge on any atom is 0.207 e. The first-order valence-electron chi connectivity index (χ1n) is 5.98. The van der Waals surface area contributed by atoms with Crippen LogP contribution in [0.1, 0.15) is 16.7 Å². The first kappa shape index (κ1) is 12.3. The summed E-state index contributed by atoms with van der Waals surface area (Å²) in [5.41, 5.74) is 3.47. The summed E-state index contributed by atoms with van der Waals surface area (Å²) in [5.74, 6) is 0. The Morgan fingerprint density at radius 1 is 0.889 bits per heavy atom. The fourth-order valence-electron chi connectivity index (χ4n) is 2.00. The highest BCUT2D eigenvalue weighted by Gasteiger charge is 2.06. The highest BCUT2D eigenvalue weighted by molar-refractivity contribution is 5.32. The molecule has 0 N–H and O–H groups in total. The quantitative estimate of drug-likeness (QED) is 0.596. The van der Waals surface area contributed by atoms with Crippen molar-refractivity contribution in [1.29, 1.82) is 0 Å². The number of nitrogens with zero attached hydrogens (tertiary/aromatic N) is 1. The average Bonchev–Trinajstić information content (AvgIpc) is 2.39. The van der Waals surface area contributed by atoms with Gasteiger partial charge in [-0.3, -0.25) is 10.1 Å². The van der Waals surface area contributed by atoms with Gasteiger partial charge in [-0.05, 0) is 23.1 Å². The summed E-state index contributed by atoms with van der Waals surface area (Å²) in [4.78, 5) is 10.2. The Bertz CT molecular complexity index is 523. The van der Waals surface area contributed by atoms with E-state index in [1.54, 1.807) is 0 Å². The van der Waals surface area contributed by atoms with E-state index in [9.17, 15) is 10.1 Å². The van der Waals surface area contributed by atoms with Crippen LogP contribution in [0.4, 0.5) is 0 Å². The van der Waals surface area contributed by atoms with Crippen molar-refractivity contribution < 1.29 is 4.92 Å². The molecule has 0 saturated carbocycles. The first-order chi connectivity index (χ1) is 8.75. The number of hydrogen-bond donors (Lipinski definition) is 0. The zero-order valence-corrected chi connectivity index (χ0v) is 10.1. The van der Waals surface area contributed by atoms with Gasteiger partial charge in [0.25, 0.3) is 0 Å². The van der Waals surface area contributed by atoms with E-state index in [-0.39, 0.29) is 11.5 Å². The molecule has 0 aliphatic carbocycles. The summed E-state index contributed by atoms with van der Waals surface area (Å²) in [6.45, 7) is -0.00813. The van der Waals surface area contributed by atoms with Crippen molar-refractivity contribution in [2.45, 2.75) is 12.8 Å². The van der Waals surface area contributed by atoms with E-state index in [2.05, 4.69) is 12.1 Å². The summed E-state index contributed by atoms with van der Waals surface area (Å²) >= 11 is 0. The summed E-state index contributed by atoms with van der Waals surface area (Å²) in [7, 11) is 0. The van der Waals surface area contributed by atoms with Gasteiger partial charge < -0.3 is 0 Å². The number of rotatable bonds is 5. The predicted octanol–water partition coefficient (Wildman–Crippen LogP) is 3.10. The molecule has 0 unspecified atom stereocenters. The summed E-state index contributed by atoms with van der Waals surface area (Å²) in [5, 5.41) is 10.4.